The molecular formula is C16H21ClO. The van der Waals surface area contributed by atoms with E-state index in [1.54, 1.807) is 0 Å². The monoisotopic (exact) mass is 264 g/mol. The van der Waals surface area contributed by atoms with Gasteiger partial charge in [-0.3, -0.25) is 0 Å². The zero-order chi connectivity index (χ0) is 12.5. The van der Waals surface area contributed by atoms with Crippen molar-refractivity contribution >= 4 is 11.6 Å². The summed E-state index contributed by atoms with van der Waals surface area (Å²) in [5, 5.41) is 0.187. The summed E-state index contributed by atoms with van der Waals surface area (Å²) in [6.45, 7) is 2.12. The Morgan fingerprint density at radius 1 is 1.22 bits per heavy atom. The highest BCUT2D eigenvalue weighted by molar-refractivity contribution is 6.21. The summed E-state index contributed by atoms with van der Waals surface area (Å²) in [6, 6.07) is 6.53. The van der Waals surface area contributed by atoms with Crippen LogP contribution in [0, 0.1) is 5.92 Å². The number of benzene rings is 1. The average molecular weight is 265 g/mol. The highest BCUT2D eigenvalue weighted by Gasteiger charge is 2.25. The van der Waals surface area contributed by atoms with Crippen LogP contribution in [0.1, 0.15) is 55.5 Å². The molecule has 1 aliphatic carbocycles. The van der Waals surface area contributed by atoms with Gasteiger partial charge in [0.15, 0.2) is 0 Å². The fraction of sp³-hybridized carbons (Fsp3) is 0.625. The molecule has 0 aromatic heterocycles. The summed E-state index contributed by atoms with van der Waals surface area (Å²) < 4.78 is 5.74. The van der Waals surface area contributed by atoms with E-state index in [0.717, 1.165) is 12.2 Å². The zero-order valence-electron chi connectivity index (χ0n) is 11.0. The van der Waals surface area contributed by atoms with Gasteiger partial charge in [0.1, 0.15) is 11.9 Å². The molecule has 2 unspecified atom stereocenters. The molecule has 0 radical (unpaired) electrons. The molecule has 0 saturated heterocycles. The van der Waals surface area contributed by atoms with E-state index >= 15 is 0 Å². The third-order valence-corrected chi connectivity index (χ3v) is 4.91. The molecule has 1 aromatic rings. The van der Waals surface area contributed by atoms with E-state index in [1.807, 2.05) is 0 Å². The first-order valence-electron chi connectivity index (χ1n) is 7.17. The number of hydrogen-bond donors (Lipinski definition) is 0. The Kier molecular flexibility index (Phi) is 3.52. The molecule has 2 heteroatoms. The second kappa shape index (κ2) is 5.13. The van der Waals surface area contributed by atoms with Crippen LogP contribution in [-0.2, 0) is 6.42 Å². The van der Waals surface area contributed by atoms with Gasteiger partial charge >= 0.3 is 0 Å². The van der Waals surface area contributed by atoms with E-state index < -0.39 is 0 Å². The fourth-order valence-corrected chi connectivity index (χ4v) is 3.70. The molecule has 3 rings (SSSR count). The van der Waals surface area contributed by atoms with Crippen LogP contribution in [0.5, 0.6) is 5.75 Å². The molecule has 0 N–H and O–H groups in total. The maximum absolute atomic E-state index is 6.68. The van der Waals surface area contributed by atoms with Crippen molar-refractivity contribution in [1.29, 1.82) is 0 Å². The molecule has 1 aliphatic heterocycles. The van der Waals surface area contributed by atoms with Gasteiger partial charge in [-0.2, -0.15) is 0 Å². The second-order valence-electron chi connectivity index (χ2n) is 5.80. The third kappa shape index (κ3) is 2.38. The van der Waals surface area contributed by atoms with Crippen LogP contribution in [-0.4, -0.2) is 6.10 Å². The highest BCUT2D eigenvalue weighted by Crippen LogP contribution is 2.40. The van der Waals surface area contributed by atoms with E-state index in [0.29, 0.717) is 12.0 Å². The first kappa shape index (κ1) is 12.3. The summed E-state index contributed by atoms with van der Waals surface area (Å²) in [4.78, 5) is 0. The molecule has 1 aromatic carbocycles. The van der Waals surface area contributed by atoms with Crippen LogP contribution < -0.4 is 4.74 Å². The molecule has 0 bridgehead atoms. The Bertz CT molecular complexity index is 423. The molecule has 18 heavy (non-hydrogen) atoms. The number of fused-ring (bicyclic) bond motifs is 1. The Labute approximate surface area is 114 Å². The van der Waals surface area contributed by atoms with Crippen molar-refractivity contribution in [3.8, 4) is 5.75 Å². The van der Waals surface area contributed by atoms with Crippen molar-refractivity contribution in [1.82, 2.24) is 0 Å². The number of ether oxygens (including phenoxy) is 1. The molecule has 1 fully saturated rings. The molecule has 2 atom stereocenters. The van der Waals surface area contributed by atoms with Gasteiger partial charge in [0.05, 0.1) is 5.38 Å². The van der Waals surface area contributed by atoms with Crippen LogP contribution in [0.15, 0.2) is 18.2 Å². The highest BCUT2D eigenvalue weighted by atomic mass is 35.5. The lowest BCUT2D eigenvalue weighted by Crippen LogP contribution is -2.12. The maximum Gasteiger partial charge on any atom is 0.123 e. The molecule has 2 aliphatic rings. The molecule has 0 amide bonds. The third-order valence-electron chi connectivity index (χ3n) is 4.30. The summed E-state index contributed by atoms with van der Waals surface area (Å²) in [7, 11) is 0. The predicted octanol–water partition coefficient (Wildman–Crippen LogP) is 4.87. The van der Waals surface area contributed by atoms with Gasteiger partial charge in [0.2, 0.25) is 0 Å². The molecular weight excluding hydrogens is 244 g/mol. The quantitative estimate of drug-likeness (QED) is 0.693. The van der Waals surface area contributed by atoms with Crippen molar-refractivity contribution in [2.24, 2.45) is 5.92 Å². The SMILES string of the molecule is CC1Cc2cc(C(Cl)C3CCCCC3)ccc2O1. The van der Waals surface area contributed by atoms with Crippen molar-refractivity contribution in [2.75, 3.05) is 0 Å². The van der Waals surface area contributed by atoms with E-state index in [9.17, 15) is 0 Å². The first-order valence-corrected chi connectivity index (χ1v) is 7.61. The number of hydrogen-bond acceptors (Lipinski definition) is 1. The molecule has 1 nitrogen and oxygen atoms in total. The van der Waals surface area contributed by atoms with Gasteiger partial charge in [-0.15, -0.1) is 11.6 Å². The Hall–Kier alpha value is -0.690. The number of rotatable bonds is 2. The Morgan fingerprint density at radius 2 is 2.00 bits per heavy atom. The Morgan fingerprint density at radius 3 is 2.78 bits per heavy atom. The van der Waals surface area contributed by atoms with Gasteiger partial charge in [-0.05, 0) is 42.9 Å². The topological polar surface area (TPSA) is 9.23 Å². The second-order valence-corrected chi connectivity index (χ2v) is 6.27. The van der Waals surface area contributed by atoms with Gasteiger partial charge in [0.25, 0.3) is 0 Å². The van der Waals surface area contributed by atoms with Crippen molar-refractivity contribution in [3.05, 3.63) is 29.3 Å². The predicted molar refractivity (Wildman–Crippen MR) is 75.4 cm³/mol. The van der Waals surface area contributed by atoms with Crippen LogP contribution in [0.25, 0.3) is 0 Å². The lowest BCUT2D eigenvalue weighted by atomic mass is 9.84. The standard InChI is InChI=1S/C16H21ClO/c1-11-9-14-10-13(7-8-15(14)18-11)16(17)12-5-3-2-4-6-12/h7-8,10-12,16H,2-6,9H2,1H3. The van der Waals surface area contributed by atoms with E-state index in [4.69, 9.17) is 16.3 Å². The minimum absolute atomic E-state index is 0.187. The van der Waals surface area contributed by atoms with Gasteiger partial charge in [0, 0.05) is 6.42 Å². The maximum atomic E-state index is 6.68. The van der Waals surface area contributed by atoms with E-state index in [-0.39, 0.29) is 5.38 Å². The van der Waals surface area contributed by atoms with E-state index in [2.05, 4.69) is 25.1 Å². The van der Waals surface area contributed by atoms with Gasteiger partial charge in [-0.1, -0.05) is 31.4 Å². The zero-order valence-corrected chi connectivity index (χ0v) is 11.7. The van der Waals surface area contributed by atoms with Crippen LogP contribution >= 0.6 is 11.6 Å². The number of halogens is 1. The van der Waals surface area contributed by atoms with E-state index in [1.165, 1.54) is 43.2 Å². The van der Waals surface area contributed by atoms with Gasteiger partial charge in [-0.25, -0.2) is 0 Å². The summed E-state index contributed by atoms with van der Waals surface area (Å²) >= 11 is 6.68. The van der Waals surface area contributed by atoms with Crippen molar-refractivity contribution in [2.45, 2.75) is 56.9 Å². The number of alkyl halides is 1. The summed E-state index contributed by atoms with van der Waals surface area (Å²) in [5.74, 6) is 1.72. The first-order chi connectivity index (χ1) is 8.74. The lowest BCUT2D eigenvalue weighted by molar-refractivity contribution is 0.254. The average Bonchev–Trinajstić information content (AvgIpc) is 2.78. The van der Waals surface area contributed by atoms with Gasteiger partial charge < -0.3 is 4.74 Å². The smallest absolute Gasteiger partial charge is 0.123 e. The molecule has 1 heterocycles. The molecule has 0 spiro atoms. The summed E-state index contributed by atoms with van der Waals surface area (Å²) in [6.07, 6.45) is 8.00. The minimum atomic E-state index is 0.187. The minimum Gasteiger partial charge on any atom is -0.490 e. The fourth-order valence-electron chi connectivity index (χ4n) is 3.31. The molecule has 98 valence electrons. The Balaban J connectivity index is 1.78. The van der Waals surface area contributed by atoms with Crippen molar-refractivity contribution in [3.63, 3.8) is 0 Å². The lowest BCUT2D eigenvalue weighted by Gasteiger charge is -2.26. The van der Waals surface area contributed by atoms with Crippen LogP contribution in [0.2, 0.25) is 0 Å². The normalized spacial score (nSPS) is 25.6. The van der Waals surface area contributed by atoms with Crippen LogP contribution in [0.3, 0.4) is 0 Å². The largest absolute Gasteiger partial charge is 0.490 e. The molecule has 1 saturated carbocycles. The van der Waals surface area contributed by atoms with Crippen LogP contribution in [0.4, 0.5) is 0 Å². The summed E-state index contributed by atoms with van der Waals surface area (Å²) in [5.41, 5.74) is 2.63. The van der Waals surface area contributed by atoms with Crippen molar-refractivity contribution < 1.29 is 4.74 Å².